The maximum absolute atomic E-state index is 11.4. The van der Waals surface area contributed by atoms with E-state index in [9.17, 15) is 9.59 Å². The predicted octanol–water partition coefficient (Wildman–Crippen LogP) is 4.06. The van der Waals surface area contributed by atoms with Gasteiger partial charge in [-0.2, -0.15) is 0 Å². The van der Waals surface area contributed by atoms with E-state index in [1.165, 1.54) is 3.07 Å². The van der Waals surface area contributed by atoms with Crippen LogP contribution < -0.4 is 13.9 Å². The Morgan fingerprint density at radius 3 is 1.96 bits per heavy atom. The monoisotopic (exact) mass is 563 g/mol. The van der Waals surface area contributed by atoms with Crippen LogP contribution in [0.3, 0.4) is 0 Å². The summed E-state index contributed by atoms with van der Waals surface area (Å²) in [4.78, 5) is 21.7. The number of anilines is 1. The van der Waals surface area contributed by atoms with Gasteiger partial charge >= 0.3 is 80.9 Å². The summed E-state index contributed by atoms with van der Waals surface area (Å²) in [6.07, 6.45) is 0. The third-order valence-corrected chi connectivity index (χ3v) is 5.13. The molecule has 0 fully saturated rings. The summed E-state index contributed by atoms with van der Waals surface area (Å²) in [5, 5.41) is 15.8. The number of hydrogen-bond acceptors (Lipinski definition) is 4. The first kappa shape index (κ1) is 21.2. The summed E-state index contributed by atoms with van der Waals surface area (Å²) in [7, 11) is 0. The van der Waals surface area contributed by atoms with Gasteiger partial charge in [0.25, 0.3) is 0 Å². The molecule has 137 valence electrons. The second-order valence-corrected chi connectivity index (χ2v) is 8.63. The Morgan fingerprint density at radius 1 is 0.821 bits per heavy atom. The molecule has 3 aromatic rings. The first-order valence-electron chi connectivity index (χ1n) is 8.28. The van der Waals surface area contributed by atoms with Gasteiger partial charge in [0.2, 0.25) is 0 Å². The summed E-state index contributed by atoms with van der Waals surface area (Å²) >= 11 is 0.596. The van der Waals surface area contributed by atoms with Crippen molar-refractivity contribution < 1.29 is 40.8 Å². The molecule has 0 saturated carbocycles. The van der Waals surface area contributed by atoms with Crippen molar-refractivity contribution in [2.24, 2.45) is 10.2 Å². The van der Waals surface area contributed by atoms with E-state index in [0.717, 1.165) is 5.69 Å². The first-order chi connectivity index (χ1) is 13.5. The number of para-hydroxylation sites is 1. The van der Waals surface area contributed by atoms with E-state index in [-0.39, 0.29) is 0 Å². The number of nitrogens with zero attached hydrogens (tertiary/aromatic N) is 2. The van der Waals surface area contributed by atoms with E-state index in [4.69, 9.17) is 5.11 Å². The van der Waals surface area contributed by atoms with Crippen molar-refractivity contribution in [3.8, 4) is 0 Å². The minimum atomic E-state index is -0.853. The molecule has 7 nitrogen and oxygen atoms in total. The van der Waals surface area contributed by atoms with Gasteiger partial charge in [-0.15, -0.1) is 5.11 Å². The van der Waals surface area contributed by atoms with Gasteiger partial charge in [-0.3, -0.25) is 5.43 Å². The molecule has 0 aliphatic rings. The molecule has 0 atom stereocenters. The van der Waals surface area contributed by atoms with Gasteiger partial charge in [0.15, 0.2) is 0 Å². The van der Waals surface area contributed by atoms with Crippen LogP contribution in [0.2, 0.25) is 0 Å². The van der Waals surface area contributed by atoms with Crippen LogP contribution in [0.1, 0.15) is 10.4 Å². The van der Waals surface area contributed by atoms with Crippen LogP contribution in [0.15, 0.2) is 95.2 Å². The number of hydrazine groups is 1. The van der Waals surface area contributed by atoms with Crippen molar-refractivity contribution in [1.82, 2.24) is 5.43 Å². The van der Waals surface area contributed by atoms with Gasteiger partial charge < -0.3 is 0 Å². The molecule has 0 aromatic heterocycles. The number of hydrogen-bond donors (Lipinski definition) is 3. The zero-order valence-electron chi connectivity index (χ0n) is 14.9. The van der Waals surface area contributed by atoms with Crippen molar-refractivity contribution in [3.05, 3.63) is 90.5 Å². The molecule has 3 rings (SSSR count). The number of carbonyl (C=O) groups is 2. The maximum atomic E-state index is 11.4. The number of nitrogens with one attached hydrogen (secondary N) is 2. The van der Waals surface area contributed by atoms with Crippen molar-refractivity contribution in [2.75, 3.05) is 5.43 Å². The van der Waals surface area contributed by atoms with Gasteiger partial charge in [0.05, 0.1) is 11.4 Å². The summed E-state index contributed by atoms with van der Waals surface area (Å²) in [5.41, 5.74) is 6.93. The topological polar surface area (TPSA) is 103 Å². The second kappa shape index (κ2) is 11.6. The molecular formula is C20H17HgN4O3. The zero-order chi connectivity index (χ0) is 20.2. The Morgan fingerprint density at radius 2 is 1.39 bits per heavy atom. The van der Waals surface area contributed by atoms with E-state index in [1.807, 2.05) is 60.7 Å². The Kier molecular flexibility index (Phi) is 8.80. The molecule has 0 unspecified atom stereocenters. The number of amides is 2. The summed E-state index contributed by atoms with van der Waals surface area (Å²) in [6.45, 7) is 0. The van der Waals surface area contributed by atoms with Crippen molar-refractivity contribution in [3.63, 3.8) is 0 Å². The molecule has 3 aromatic carbocycles. The number of azo groups is 1. The van der Waals surface area contributed by atoms with Crippen LogP contribution >= 0.6 is 0 Å². The fraction of sp³-hybridized carbons (Fsp3) is 0. The second-order valence-electron chi connectivity index (χ2n) is 5.46. The SMILES string of the molecule is O=C(N=Nc1ccccc1)NNc1ccccc1.O=C(O)c1cc[c]([Hg])cc1. The number of rotatable bonds is 4. The van der Waals surface area contributed by atoms with Crippen LogP contribution in [0.4, 0.5) is 16.2 Å². The van der Waals surface area contributed by atoms with Crippen molar-refractivity contribution in [2.45, 2.75) is 0 Å². The number of benzene rings is 3. The van der Waals surface area contributed by atoms with Crippen LogP contribution in [-0.2, 0) is 26.1 Å². The summed E-state index contributed by atoms with van der Waals surface area (Å²) in [5.74, 6) is -0.853. The predicted molar refractivity (Wildman–Crippen MR) is 103 cm³/mol. The molecule has 0 bridgehead atoms. The normalized spacial score (nSPS) is 9.93. The standard InChI is InChI=1S/C13H12N4O.C7H5O2.Hg/c18-13(16-14-11-7-3-1-4-8-11)17-15-12-9-5-2-6-10-12;8-7(9)6-4-2-1-3-5-6;/h1-10,14H,(H,16,18);2-5H,(H,8,9);. The van der Waals surface area contributed by atoms with E-state index in [2.05, 4.69) is 21.1 Å². The average molecular weight is 562 g/mol. The van der Waals surface area contributed by atoms with Crippen LogP contribution in [0.5, 0.6) is 0 Å². The quantitative estimate of drug-likeness (QED) is 0.254. The van der Waals surface area contributed by atoms with Gasteiger partial charge in [-0.25, -0.2) is 10.2 Å². The third-order valence-electron chi connectivity index (χ3n) is 3.30. The van der Waals surface area contributed by atoms with Crippen molar-refractivity contribution >= 4 is 26.4 Å². The Bertz CT molecular complexity index is 917. The first-order valence-corrected chi connectivity index (χ1v) is 11.0. The van der Waals surface area contributed by atoms with E-state index < -0.39 is 12.0 Å². The molecule has 28 heavy (non-hydrogen) atoms. The molecule has 0 saturated heterocycles. The molecule has 0 aliphatic heterocycles. The molecule has 0 radical (unpaired) electrons. The fourth-order valence-electron chi connectivity index (χ4n) is 1.92. The molecule has 0 aliphatic carbocycles. The Balaban J connectivity index is 0.000000237. The summed E-state index contributed by atoms with van der Waals surface area (Å²) < 4.78 is 1.27. The van der Waals surface area contributed by atoms with Crippen LogP contribution in [0, 0.1) is 0 Å². The van der Waals surface area contributed by atoms with Gasteiger partial charge in [0, 0.05) is 0 Å². The molecule has 3 N–H and O–H groups in total. The van der Waals surface area contributed by atoms with E-state index >= 15 is 0 Å². The number of carboxylic acids is 1. The molecular weight excluding hydrogens is 545 g/mol. The molecule has 8 heteroatoms. The van der Waals surface area contributed by atoms with Crippen LogP contribution in [-0.4, -0.2) is 17.1 Å². The number of carbonyl (C=O) groups excluding carboxylic acids is 1. The Hall–Kier alpha value is -3.06. The summed E-state index contributed by atoms with van der Waals surface area (Å²) in [6, 6.07) is 24.8. The molecule has 0 spiro atoms. The third kappa shape index (κ3) is 8.09. The van der Waals surface area contributed by atoms with Crippen molar-refractivity contribution in [1.29, 1.82) is 0 Å². The fourth-order valence-corrected chi connectivity index (χ4v) is 2.83. The minimum absolute atomic E-state index is 0.370. The number of carboxylic acid groups (broad SMARTS) is 1. The molecule has 0 heterocycles. The Labute approximate surface area is 178 Å². The zero-order valence-corrected chi connectivity index (χ0v) is 20.4. The average Bonchev–Trinajstić information content (AvgIpc) is 2.73. The van der Waals surface area contributed by atoms with Crippen LogP contribution in [0.25, 0.3) is 0 Å². The van der Waals surface area contributed by atoms with Gasteiger partial charge in [-0.05, 0) is 24.3 Å². The van der Waals surface area contributed by atoms with Gasteiger partial charge in [-0.1, -0.05) is 41.5 Å². The van der Waals surface area contributed by atoms with E-state index in [1.54, 1.807) is 24.3 Å². The molecule has 2 amide bonds. The van der Waals surface area contributed by atoms with E-state index in [0.29, 0.717) is 37.4 Å². The number of urea groups is 1. The van der Waals surface area contributed by atoms with Gasteiger partial charge in [0.1, 0.15) is 0 Å². The number of aromatic carboxylic acids is 1.